The molecule has 2 aliphatic heterocycles. The van der Waals surface area contributed by atoms with E-state index in [1.54, 1.807) is 20.8 Å². The fourth-order valence-electron chi connectivity index (χ4n) is 4.18. The van der Waals surface area contributed by atoms with Crippen molar-refractivity contribution in [3.63, 3.8) is 0 Å². The van der Waals surface area contributed by atoms with Crippen LogP contribution < -0.4 is 5.73 Å². The molecule has 0 saturated carbocycles. The summed E-state index contributed by atoms with van der Waals surface area (Å²) < 4.78 is 84.4. The first kappa shape index (κ1) is 37.4. The van der Waals surface area contributed by atoms with Crippen LogP contribution in [0.2, 0.25) is 0 Å². The van der Waals surface area contributed by atoms with Gasteiger partial charge in [0.25, 0.3) is 0 Å². The van der Waals surface area contributed by atoms with Gasteiger partial charge in [-0.3, -0.25) is 27.1 Å². The van der Waals surface area contributed by atoms with Crippen LogP contribution in [0.3, 0.4) is 0 Å². The summed E-state index contributed by atoms with van der Waals surface area (Å²) in [6, 6.07) is 0. The Morgan fingerprint density at radius 1 is 0.854 bits per heavy atom. The van der Waals surface area contributed by atoms with E-state index in [0.29, 0.717) is 13.0 Å². The van der Waals surface area contributed by atoms with E-state index in [-0.39, 0.29) is 32.2 Å². The van der Waals surface area contributed by atoms with Gasteiger partial charge in [-0.25, -0.2) is 13.7 Å². The maximum absolute atomic E-state index is 12.6. The number of nitrogens with two attached hydrogens (primary N) is 1. The van der Waals surface area contributed by atoms with E-state index >= 15 is 0 Å². The molecule has 0 radical (unpaired) electrons. The molecule has 2 fully saturated rings. The van der Waals surface area contributed by atoms with E-state index in [1.165, 1.54) is 7.11 Å². The van der Waals surface area contributed by atoms with Gasteiger partial charge in [-0.2, -0.15) is 0 Å². The Hall–Kier alpha value is 0.170. The van der Waals surface area contributed by atoms with Crippen LogP contribution in [0.5, 0.6) is 0 Å². The van der Waals surface area contributed by atoms with Gasteiger partial charge in [0.05, 0.1) is 32.5 Å². The minimum Gasteiger partial charge on any atom is -0.376 e. The van der Waals surface area contributed by atoms with Crippen molar-refractivity contribution >= 4 is 23.5 Å². The molecule has 19 heteroatoms. The molecule has 0 aliphatic carbocycles. The third kappa shape index (κ3) is 13.8. The Labute approximate surface area is 241 Å². The molecule has 2 saturated heterocycles. The second-order valence-electron chi connectivity index (χ2n) is 10.2. The van der Waals surface area contributed by atoms with Crippen molar-refractivity contribution in [2.45, 2.75) is 89.5 Å². The Morgan fingerprint density at radius 2 is 1.49 bits per heavy atom. The summed E-state index contributed by atoms with van der Waals surface area (Å²) in [7, 11) is -12.2. The monoisotopic (exact) mass is 657 g/mol. The zero-order chi connectivity index (χ0) is 30.7. The third-order valence-corrected chi connectivity index (χ3v) is 9.20. The van der Waals surface area contributed by atoms with Crippen LogP contribution in [0.25, 0.3) is 0 Å². The van der Waals surface area contributed by atoms with Crippen LogP contribution >= 0.6 is 23.5 Å². The van der Waals surface area contributed by atoms with Gasteiger partial charge in [-0.1, -0.05) is 26.7 Å². The lowest BCUT2D eigenvalue weighted by molar-refractivity contribution is -0.0297. The highest BCUT2D eigenvalue weighted by Crippen LogP contribution is 2.50. The SMILES string of the molecule is COC1[C@H](C)O[C@H](COP(=O)(O)OC[C@H]2OCC[C@H]2OP(=O)(O)OCCCCCCN)[C@@H]1OP(=O)(O)OCC(C)C. The molecule has 9 atom stereocenters. The van der Waals surface area contributed by atoms with Gasteiger partial charge < -0.3 is 34.6 Å². The van der Waals surface area contributed by atoms with Gasteiger partial charge in [0.15, 0.2) is 0 Å². The predicted octanol–water partition coefficient (Wildman–Crippen LogP) is 2.89. The summed E-state index contributed by atoms with van der Waals surface area (Å²) in [6.45, 7) is 4.93. The number of phosphoric acid groups is 3. The number of hydrogen-bond donors (Lipinski definition) is 4. The lowest BCUT2D eigenvalue weighted by Gasteiger charge is -2.25. The Kier molecular flexibility index (Phi) is 16.0. The molecule has 2 aliphatic rings. The number of phosphoric ester groups is 3. The number of hydrogen-bond acceptors (Lipinski definition) is 13. The second-order valence-corrected chi connectivity index (χ2v) is 14.5. The quantitative estimate of drug-likeness (QED) is 0.103. The molecule has 0 aromatic rings. The van der Waals surface area contributed by atoms with Crippen LogP contribution in [0, 0.1) is 5.92 Å². The predicted molar refractivity (Wildman–Crippen MR) is 145 cm³/mol. The van der Waals surface area contributed by atoms with Gasteiger partial charge in [0, 0.05) is 20.1 Å². The highest BCUT2D eigenvalue weighted by Gasteiger charge is 2.48. The summed E-state index contributed by atoms with van der Waals surface area (Å²) in [6.07, 6.45) is -2.16. The highest BCUT2D eigenvalue weighted by atomic mass is 31.2. The number of methoxy groups -OCH3 is 1. The molecular formula is C22H46NO15P3. The first-order valence-corrected chi connectivity index (χ1v) is 18.1. The van der Waals surface area contributed by atoms with E-state index in [9.17, 15) is 28.4 Å². The number of unbranched alkanes of at least 4 members (excludes halogenated alkanes) is 3. The van der Waals surface area contributed by atoms with Crippen LogP contribution in [0.4, 0.5) is 0 Å². The first-order chi connectivity index (χ1) is 19.2. The van der Waals surface area contributed by atoms with Crippen LogP contribution in [0.15, 0.2) is 0 Å². The standard InChI is InChI=1S/C22H46NO15P3/c1-16(2)13-33-41(28,29)38-22-20(36-17(3)21(22)30-4)15-35-39(24,25)34-14-19-18(9-12-31-19)37-40(26,27)32-11-8-6-5-7-10-23/h16-22H,5-15,23H2,1-4H3,(H,24,25)(H,26,27)(H,28,29)/t17-,18+,19+,20+,21?,22-/m0/s1. The summed E-state index contributed by atoms with van der Waals surface area (Å²) in [4.78, 5) is 30.4. The van der Waals surface area contributed by atoms with E-state index < -0.39 is 73.3 Å². The fourth-order valence-corrected chi connectivity index (χ4v) is 7.04. The van der Waals surface area contributed by atoms with Gasteiger partial charge in [-0.15, -0.1) is 0 Å². The molecule has 2 heterocycles. The van der Waals surface area contributed by atoms with Crippen molar-refractivity contribution in [1.82, 2.24) is 0 Å². The van der Waals surface area contributed by atoms with Crippen LogP contribution in [-0.2, 0) is 55.0 Å². The smallest absolute Gasteiger partial charge is 0.376 e. The molecule has 0 aromatic carbocycles. The van der Waals surface area contributed by atoms with Gasteiger partial charge in [-0.05, 0) is 32.2 Å². The maximum atomic E-state index is 12.6. The average molecular weight is 658 g/mol. The summed E-state index contributed by atoms with van der Waals surface area (Å²) in [5.41, 5.74) is 5.44. The third-order valence-electron chi connectivity index (χ3n) is 6.21. The summed E-state index contributed by atoms with van der Waals surface area (Å²) in [5.74, 6) is -0.0325. The molecule has 4 unspecified atom stereocenters. The number of ether oxygens (including phenoxy) is 3. The van der Waals surface area contributed by atoms with Gasteiger partial charge in [0.1, 0.15) is 30.5 Å². The topological polar surface area (TPSA) is 221 Å². The molecule has 2 rings (SSSR count). The van der Waals surface area contributed by atoms with E-state index in [2.05, 4.69) is 0 Å². The van der Waals surface area contributed by atoms with Crippen molar-refractivity contribution in [2.24, 2.45) is 11.7 Å². The molecule has 5 N–H and O–H groups in total. The lowest BCUT2D eigenvalue weighted by Crippen LogP contribution is -2.37. The minimum atomic E-state index is -4.70. The Morgan fingerprint density at radius 3 is 2.12 bits per heavy atom. The van der Waals surface area contributed by atoms with Gasteiger partial charge in [0.2, 0.25) is 0 Å². The van der Waals surface area contributed by atoms with Crippen LogP contribution in [0.1, 0.15) is 52.9 Å². The van der Waals surface area contributed by atoms with Gasteiger partial charge >= 0.3 is 23.5 Å². The van der Waals surface area contributed by atoms with E-state index in [0.717, 1.165) is 19.3 Å². The molecule has 0 spiro atoms. The Balaban J connectivity index is 1.86. The zero-order valence-electron chi connectivity index (χ0n) is 24.0. The molecule has 16 nitrogen and oxygen atoms in total. The fraction of sp³-hybridized carbons (Fsp3) is 1.00. The van der Waals surface area contributed by atoms with Crippen molar-refractivity contribution in [2.75, 3.05) is 46.7 Å². The number of rotatable bonds is 21. The molecule has 0 amide bonds. The minimum absolute atomic E-state index is 0.0266. The molecule has 244 valence electrons. The maximum Gasteiger partial charge on any atom is 0.472 e. The zero-order valence-corrected chi connectivity index (χ0v) is 26.7. The lowest BCUT2D eigenvalue weighted by atomic mass is 10.1. The van der Waals surface area contributed by atoms with Crippen molar-refractivity contribution in [1.29, 1.82) is 0 Å². The van der Waals surface area contributed by atoms with E-state index in [4.69, 9.17) is 47.1 Å². The Bertz CT molecular complexity index is 911. The summed E-state index contributed by atoms with van der Waals surface area (Å²) >= 11 is 0. The molecule has 0 bridgehead atoms. The average Bonchev–Trinajstić information content (AvgIpc) is 3.44. The summed E-state index contributed by atoms with van der Waals surface area (Å²) in [5, 5.41) is 0. The second kappa shape index (κ2) is 17.6. The normalized spacial score (nSPS) is 31.2. The molecular weight excluding hydrogens is 611 g/mol. The largest absolute Gasteiger partial charge is 0.472 e. The first-order valence-electron chi connectivity index (χ1n) is 13.6. The van der Waals surface area contributed by atoms with Crippen LogP contribution in [-0.4, -0.2) is 98.0 Å². The van der Waals surface area contributed by atoms with Crippen molar-refractivity contribution < 1.29 is 69.7 Å². The van der Waals surface area contributed by atoms with Crippen molar-refractivity contribution in [3.8, 4) is 0 Å². The van der Waals surface area contributed by atoms with Crippen molar-refractivity contribution in [3.05, 3.63) is 0 Å². The molecule has 0 aromatic heterocycles. The van der Waals surface area contributed by atoms with E-state index in [1.807, 2.05) is 0 Å². The molecule has 41 heavy (non-hydrogen) atoms. The highest BCUT2D eigenvalue weighted by molar-refractivity contribution is 7.48.